The number of ether oxygens (including phenoxy) is 1. The first kappa shape index (κ1) is 23.9. The van der Waals surface area contributed by atoms with Gasteiger partial charge in [0.25, 0.3) is 10.0 Å². The van der Waals surface area contributed by atoms with Crippen LogP contribution in [0.2, 0.25) is 0 Å². The summed E-state index contributed by atoms with van der Waals surface area (Å²) in [5.41, 5.74) is 2.44. The van der Waals surface area contributed by atoms with Crippen molar-refractivity contribution in [2.45, 2.75) is 50.8 Å². The molecule has 1 saturated carbocycles. The van der Waals surface area contributed by atoms with E-state index in [-0.39, 0.29) is 10.7 Å². The summed E-state index contributed by atoms with van der Waals surface area (Å²) in [5, 5.41) is 3.12. The van der Waals surface area contributed by atoms with Crippen molar-refractivity contribution in [1.29, 1.82) is 0 Å². The summed E-state index contributed by atoms with van der Waals surface area (Å²) < 4.78 is 34.2. The van der Waals surface area contributed by atoms with Gasteiger partial charge in [-0.2, -0.15) is 9.97 Å². The largest absolute Gasteiger partial charge is 0.476 e. The highest BCUT2D eigenvalue weighted by Crippen LogP contribution is 2.27. The molecule has 11 nitrogen and oxygen atoms in total. The van der Waals surface area contributed by atoms with Crippen molar-refractivity contribution >= 4 is 38.6 Å². The molecule has 0 radical (unpaired) electrons. The van der Waals surface area contributed by atoms with Gasteiger partial charge >= 0.3 is 0 Å². The quantitative estimate of drug-likeness (QED) is 0.317. The second-order valence-electron chi connectivity index (χ2n) is 8.97. The number of imidazole rings is 1. The molecule has 1 fully saturated rings. The molecular formula is C24H28N8O3S. The maximum Gasteiger partial charge on any atom is 0.263 e. The van der Waals surface area contributed by atoms with Crippen LogP contribution in [0.15, 0.2) is 41.6 Å². The summed E-state index contributed by atoms with van der Waals surface area (Å²) in [6.07, 6.45) is 7.67. The van der Waals surface area contributed by atoms with Crippen LogP contribution in [0.25, 0.3) is 11.2 Å². The Morgan fingerprint density at radius 2 is 1.81 bits per heavy atom. The second kappa shape index (κ2) is 10.1. The fraction of sp³-hybridized carbons (Fsp3) is 0.375. The van der Waals surface area contributed by atoms with Crippen LogP contribution in [0.4, 0.5) is 17.5 Å². The Bertz CT molecular complexity index is 1440. The van der Waals surface area contributed by atoms with E-state index >= 15 is 0 Å². The molecule has 3 N–H and O–H groups in total. The maximum absolute atomic E-state index is 12.8. The zero-order valence-corrected chi connectivity index (χ0v) is 21.0. The normalized spacial score (nSPS) is 14.6. The predicted octanol–water partition coefficient (Wildman–Crippen LogP) is 4.26. The van der Waals surface area contributed by atoms with Gasteiger partial charge in [0, 0.05) is 17.4 Å². The molecule has 36 heavy (non-hydrogen) atoms. The molecule has 5 rings (SSSR count). The number of sulfonamides is 1. The Balaban J connectivity index is 1.31. The van der Waals surface area contributed by atoms with E-state index in [4.69, 9.17) is 4.74 Å². The number of aryl methyl sites for hydroxylation is 2. The van der Waals surface area contributed by atoms with Crippen molar-refractivity contribution < 1.29 is 13.2 Å². The molecule has 3 heterocycles. The van der Waals surface area contributed by atoms with Crippen molar-refractivity contribution in [2.24, 2.45) is 5.92 Å². The topological polar surface area (TPSA) is 148 Å². The lowest BCUT2D eigenvalue weighted by Crippen LogP contribution is -2.16. The van der Waals surface area contributed by atoms with Crippen molar-refractivity contribution in [1.82, 2.24) is 29.9 Å². The molecule has 3 aromatic heterocycles. The molecule has 0 saturated heterocycles. The van der Waals surface area contributed by atoms with Gasteiger partial charge < -0.3 is 15.0 Å². The van der Waals surface area contributed by atoms with Crippen molar-refractivity contribution in [3.63, 3.8) is 0 Å². The Morgan fingerprint density at radius 1 is 1.03 bits per heavy atom. The number of fused-ring (bicyclic) bond motifs is 1. The molecule has 1 aliphatic rings. The number of hydrogen-bond donors (Lipinski definition) is 3. The highest BCUT2D eigenvalue weighted by molar-refractivity contribution is 7.92. The van der Waals surface area contributed by atoms with Gasteiger partial charge in [-0.25, -0.2) is 23.4 Å². The van der Waals surface area contributed by atoms with Crippen LogP contribution in [0, 0.1) is 19.8 Å². The zero-order valence-electron chi connectivity index (χ0n) is 20.2. The van der Waals surface area contributed by atoms with E-state index in [0.29, 0.717) is 52.7 Å². The van der Waals surface area contributed by atoms with Crippen molar-refractivity contribution in [3.05, 3.63) is 48.2 Å². The fourth-order valence-electron chi connectivity index (χ4n) is 4.33. The van der Waals surface area contributed by atoms with Gasteiger partial charge in [0.1, 0.15) is 17.2 Å². The predicted molar refractivity (Wildman–Crippen MR) is 136 cm³/mol. The SMILES string of the molecule is Cc1cc(NS(=O)(=O)c2ccc(Nc3nc(OCC4CCCCC4)c4[nH]cnc4n3)cc2)nc(C)n1. The van der Waals surface area contributed by atoms with Crippen molar-refractivity contribution in [3.8, 4) is 5.88 Å². The standard InChI is InChI=1S/C24H28N8O3S/c1-15-12-20(28-16(2)27-15)32-36(33,34)19-10-8-18(9-11-19)29-24-30-22-21(25-14-26-22)23(31-24)35-13-17-6-4-3-5-7-17/h8-12,14,17H,3-7,13H2,1-2H3,(H,27,28,32)(H2,25,26,29,30,31). The number of benzene rings is 1. The van der Waals surface area contributed by atoms with Crippen LogP contribution in [-0.4, -0.2) is 44.9 Å². The Labute approximate surface area is 209 Å². The van der Waals surface area contributed by atoms with E-state index in [1.165, 1.54) is 44.2 Å². The second-order valence-corrected chi connectivity index (χ2v) is 10.6. The molecule has 12 heteroatoms. The third-order valence-corrected chi connectivity index (χ3v) is 7.43. The molecule has 0 atom stereocenters. The van der Waals surface area contributed by atoms with Crippen LogP contribution in [-0.2, 0) is 10.0 Å². The van der Waals surface area contributed by atoms with E-state index < -0.39 is 10.0 Å². The number of H-pyrrole nitrogens is 1. The van der Waals surface area contributed by atoms with E-state index in [9.17, 15) is 8.42 Å². The molecule has 1 aliphatic carbocycles. The van der Waals surface area contributed by atoms with Crippen LogP contribution in [0.1, 0.15) is 43.6 Å². The molecule has 0 aliphatic heterocycles. The summed E-state index contributed by atoms with van der Waals surface area (Å²) in [6.45, 7) is 4.09. The van der Waals surface area contributed by atoms with Crippen LogP contribution in [0.3, 0.4) is 0 Å². The van der Waals surface area contributed by atoms with Crippen molar-refractivity contribution in [2.75, 3.05) is 16.6 Å². The Hall–Kier alpha value is -3.80. The maximum atomic E-state index is 12.8. The summed E-state index contributed by atoms with van der Waals surface area (Å²) in [6, 6.07) is 7.87. The highest BCUT2D eigenvalue weighted by Gasteiger charge is 2.18. The first-order valence-electron chi connectivity index (χ1n) is 11.9. The molecule has 4 aromatic rings. The van der Waals surface area contributed by atoms with Gasteiger partial charge in [-0.3, -0.25) is 4.72 Å². The minimum atomic E-state index is -3.82. The number of anilines is 3. The third-order valence-electron chi connectivity index (χ3n) is 6.06. The minimum Gasteiger partial charge on any atom is -0.476 e. The number of hydrogen-bond acceptors (Lipinski definition) is 9. The summed E-state index contributed by atoms with van der Waals surface area (Å²) in [5.74, 6) is 2.01. The van der Waals surface area contributed by atoms with E-state index in [0.717, 1.165) is 0 Å². The summed E-state index contributed by atoms with van der Waals surface area (Å²) in [4.78, 5) is 24.7. The van der Waals surface area contributed by atoms with Gasteiger partial charge in [-0.1, -0.05) is 19.3 Å². The lowest BCUT2D eigenvalue weighted by atomic mass is 9.90. The number of rotatable bonds is 8. The van der Waals surface area contributed by atoms with E-state index in [1.54, 1.807) is 38.4 Å². The van der Waals surface area contributed by atoms with Crippen LogP contribution in [0.5, 0.6) is 5.88 Å². The van der Waals surface area contributed by atoms with Gasteiger partial charge in [-0.05, 0) is 56.9 Å². The van der Waals surface area contributed by atoms with Gasteiger partial charge in [0.05, 0.1) is 17.8 Å². The number of nitrogens with one attached hydrogen (secondary N) is 3. The molecule has 1 aromatic carbocycles. The highest BCUT2D eigenvalue weighted by atomic mass is 32.2. The zero-order chi connectivity index (χ0) is 25.1. The molecule has 0 bridgehead atoms. The first-order chi connectivity index (χ1) is 17.4. The van der Waals surface area contributed by atoms with Crippen LogP contribution >= 0.6 is 0 Å². The first-order valence-corrected chi connectivity index (χ1v) is 13.4. The Morgan fingerprint density at radius 3 is 2.56 bits per heavy atom. The summed E-state index contributed by atoms with van der Waals surface area (Å²) >= 11 is 0. The molecule has 188 valence electrons. The van der Waals surface area contributed by atoms with Crippen LogP contribution < -0.4 is 14.8 Å². The third kappa shape index (κ3) is 5.54. The number of aromatic amines is 1. The minimum absolute atomic E-state index is 0.0992. The molecule has 0 amide bonds. The van der Waals surface area contributed by atoms with E-state index in [2.05, 4.69) is 39.9 Å². The number of aromatic nitrogens is 6. The van der Waals surface area contributed by atoms with Gasteiger partial charge in [0.2, 0.25) is 11.8 Å². The molecular weight excluding hydrogens is 480 g/mol. The van der Waals surface area contributed by atoms with E-state index in [1.807, 2.05) is 0 Å². The molecule has 0 spiro atoms. The lowest BCUT2D eigenvalue weighted by Gasteiger charge is -2.21. The van der Waals surface area contributed by atoms with Gasteiger partial charge in [-0.15, -0.1) is 0 Å². The Kier molecular flexibility index (Phi) is 6.68. The monoisotopic (exact) mass is 508 g/mol. The van der Waals surface area contributed by atoms with Gasteiger partial charge in [0.15, 0.2) is 5.65 Å². The number of nitrogens with zero attached hydrogens (tertiary/aromatic N) is 5. The lowest BCUT2D eigenvalue weighted by molar-refractivity contribution is 0.205. The average Bonchev–Trinajstić information content (AvgIpc) is 3.31. The molecule has 0 unspecified atom stereocenters. The average molecular weight is 509 g/mol. The fourth-order valence-corrected chi connectivity index (χ4v) is 5.32. The summed E-state index contributed by atoms with van der Waals surface area (Å²) in [7, 11) is -3.82. The smallest absolute Gasteiger partial charge is 0.263 e.